The van der Waals surface area contributed by atoms with E-state index in [1.807, 2.05) is 31.2 Å². The molecular weight excluding hydrogens is 348 g/mol. The number of carbonyl (C=O) groups excluding carboxylic acids is 3. The van der Waals surface area contributed by atoms with Crippen LogP contribution in [-0.4, -0.2) is 53.0 Å². The summed E-state index contributed by atoms with van der Waals surface area (Å²) in [6, 6.07) is 7.47. The van der Waals surface area contributed by atoms with Gasteiger partial charge in [-0.1, -0.05) is 19.1 Å². The Morgan fingerprint density at radius 2 is 2.00 bits per heavy atom. The smallest absolute Gasteiger partial charge is 0.344 e. The number of imide groups is 1. The van der Waals surface area contributed by atoms with Gasteiger partial charge in [0.05, 0.1) is 13.7 Å². The van der Waals surface area contributed by atoms with Crippen molar-refractivity contribution in [2.45, 2.75) is 51.2 Å². The number of urea groups is 1. The number of hydrazine groups is 1. The number of benzene rings is 1. The highest BCUT2D eigenvalue weighted by Gasteiger charge is 2.47. The van der Waals surface area contributed by atoms with Crippen LogP contribution in [0.2, 0.25) is 0 Å². The Labute approximate surface area is 158 Å². The molecule has 1 atom stereocenters. The van der Waals surface area contributed by atoms with E-state index in [0.29, 0.717) is 19.0 Å². The molecule has 0 bridgehead atoms. The Morgan fingerprint density at radius 3 is 2.52 bits per heavy atom. The van der Waals surface area contributed by atoms with Crippen molar-refractivity contribution in [3.05, 3.63) is 29.8 Å². The van der Waals surface area contributed by atoms with Crippen LogP contribution in [0.4, 0.5) is 4.79 Å². The Balaban J connectivity index is 1.60. The maximum Gasteiger partial charge on any atom is 0.344 e. The van der Waals surface area contributed by atoms with E-state index in [4.69, 9.17) is 4.74 Å². The molecule has 1 saturated carbocycles. The molecule has 1 aromatic rings. The summed E-state index contributed by atoms with van der Waals surface area (Å²) in [5.74, 6) is -0.0252. The van der Waals surface area contributed by atoms with Crippen molar-refractivity contribution in [2.75, 3.05) is 13.7 Å². The van der Waals surface area contributed by atoms with E-state index >= 15 is 0 Å². The third kappa shape index (κ3) is 4.21. The molecule has 1 aliphatic carbocycles. The molecule has 1 saturated heterocycles. The Morgan fingerprint density at radius 1 is 1.33 bits per heavy atom. The second-order valence-corrected chi connectivity index (χ2v) is 7.28. The number of amides is 4. The van der Waals surface area contributed by atoms with Crippen molar-refractivity contribution in [3.63, 3.8) is 0 Å². The molecule has 0 unspecified atom stereocenters. The first-order valence-corrected chi connectivity index (χ1v) is 9.19. The Kier molecular flexibility index (Phi) is 5.36. The minimum Gasteiger partial charge on any atom is -0.497 e. The number of nitrogens with one attached hydrogen (secondary N) is 2. The van der Waals surface area contributed by atoms with Gasteiger partial charge in [-0.05, 0) is 43.9 Å². The molecule has 146 valence electrons. The third-order valence-electron chi connectivity index (χ3n) is 5.16. The lowest BCUT2D eigenvalue weighted by molar-refractivity contribution is -0.139. The van der Waals surface area contributed by atoms with Crippen LogP contribution in [0.5, 0.6) is 5.75 Å². The lowest BCUT2D eigenvalue weighted by Crippen LogP contribution is -2.51. The standard InChI is InChI=1S/C19H26N4O4/c1-4-19(2)17(25)23(18(26)20-19)21-16(24)12-22(14-7-8-14)11-13-5-9-15(27-3)10-6-13/h5-6,9-10,14H,4,7-8,11-12H2,1-3H3,(H,20,26)(H,21,24)/t19-/m0/s1. The quantitative estimate of drug-likeness (QED) is 0.672. The van der Waals surface area contributed by atoms with E-state index in [1.54, 1.807) is 14.0 Å². The monoisotopic (exact) mass is 374 g/mol. The van der Waals surface area contributed by atoms with Crippen molar-refractivity contribution < 1.29 is 19.1 Å². The van der Waals surface area contributed by atoms with Crippen molar-refractivity contribution in [1.82, 2.24) is 20.7 Å². The van der Waals surface area contributed by atoms with Crippen LogP contribution in [0.15, 0.2) is 24.3 Å². The second-order valence-electron chi connectivity index (χ2n) is 7.28. The van der Waals surface area contributed by atoms with Crippen LogP contribution in [0, 0.1) is 0 Å². The Bertz CT molecular complexity index is 732. The summed E-state index contributed by atoms with van der Waals surface area (Å²) in [6.07, 6.45) is 2.54. The van der Waals surface area contributed by atoms with Gasteiger partial charge in [-0.3, -0.25) is 19.9 Å². The van der Waals surface area contributed by atoms with Crippen LogP contribution in [-0.2, 0) is 16.1 Å². The largest absolute Gasteiger partial charge is 0.497 e. The third-order valence-corrected chi connectivity index (χ3v) is 5.16. The molecule has 2 N–H and O–H groups in total. The number of carbonyl (C=O) groups is 3. The van der Waals surface area contributed by atoms with E-state index in [0.717, 1.165) is 29.2 Å². The fourth-order valence-corrected chi connectivity index (χ4v) is 3.09. The predicted molar refractivity (Wildman–Crippen MR) is 98.6 cm³/mol. The number of hydrogen-bond acceptors (Lipinski definition) is 5. The van der Waals surface area contributed by atoms with Crippen molar-refractivity contribution in [3.8, 4) is 5.75 Å². The van der Waals surface area contributed by atoms with Crippen molar-refractivity contribution in [2.24, 2.45) is 0 Å². The predicted octanol–water partition coefficient (Wildman–Crippen LogP) is 1.41. The molecule has 2 aliphatic rings. The van der Waals surface area contributed by atoms with Gasteiger partial charge in [0.15, 0.2) is 0 Å². The highest BCUT2D eigenvalue weighted by atomic mass is 16.5. The molecule has 0 aromatic heterocycles. The van der Waals surface area contributed by atoms with E-state index in [9.17, 15) is 14.4 Å². The lowest BCUT2D eigenvalue weighted by Gasteiger charge is -2.23. The summed E-state index contributed by atoms with van der Waals surface area (Å²) >= 11 is 0. The maximum atomic E-state index is 12.5. The topological polar surface area (TPSA) is 91.0 Å². The summed E-state index contributed by atoms with van der Waals surface area (Å²) in [5, 5.41) is 3.42. The summed E-state index contributed by atoms with van der Waals surface area (Å²) in [7, 11) is 1.62. The van der Waals surface area contributed by atoms with Gasteiger partial charge in [-0.2, -0.15) is 5.01 Å². The van der Waals surface area contributed by atoms with E-state index in [2.05, 4.69) is 15.6 Å². The first-order chi connectivity index (χ1) is 12.9. The molecule has 3 rings (SSSR count). The van der Waals surface area contributed by atoms with Gasteiger partial charge in [0.2, 0.25) is 0 Å². The highest BCUT2D eigenvalue weighted by Crippen LogP contribution is 2.28. The minimum absolute atomic E-state index is 0.122. The normalized spacial score (nSPS) is 22.1. The van der Waals surface area contributed by atoms with Gasteiger partial charge in [-0.15, -0.1) is 0 Å². The average molecular weight is 374 g/mol. The maximum absolute atomic E-state index is 12.5. The van der Waals surface area contributed by atoms with Gasteiger partial charge < -0.3 is 10.1 Å². The van der Waals surface area contributed by atoms with Crippen molar-refractivity contribution >= 4 is 17.8 Å². The molecule has 2 fully saturated rings. The molecule has 0 radical (unpaired) electrons. The number of hydrogen-bond donors (Lipinski definition) is 2. The van der Waals surface area contributed by atoms with Crippen LogP contribution >= 0.6 is 0 Å². The zero-order chi connectivity index (χ0) is 19.6. The van der Waals surface area contributed by atoms with Crippen LogP contribution < -0.4 is 15.5 Å². The molecule has 8 heteroatoms. The fraction of sp³-hybridized carbons (Fsp3) is 0.526. The first kappa shape index (κ1) is 19.2. The molecule has 0 spiro atoms. The van der Waals surface area contributed by atoms with E-state index in [-0.39, 0.29) is 12.5 Å². The molecule has 4 amide bonds. The van der Waals surface area contributed by atoms with Crippen LogP contribution in [0.25, 0.3) is 0 Å². The number of nitrogens with zero attached hydrogens (tertiary/aromatic N) is 2. The van der Waals surface area contributed by atoms with Gasteiger partial charge >= 0.3 is 6.03 Å². The minimum atomic E-state index is -0.969. The first-order valence-electron chi connectivity index (χ1n) is 9.19. The molecule has 1 aliphatic heterocycles. The Hall–Kier alpha value is -2.61. The van der Waals surface area contributed by atoms with E-state index < -0.39 is 17.5 Å². The lowest BCUT2D eigenvalue weighted by atomic mass is 10.00. The molecule has 1 aromatic carbocycles. The summed E-state index contributed by atoms with van der Waals surface area (Å²) < 4.78 is 5.17. The summed E-state index contributed by atoms with van der Waals surface area (Å²) in [4.78, 5) is 39.0. The van der Waals surface area contributed by atoms with Gasteiger partial charge in [-0.25, -0.2) is 4.79 Å². The zero-order valence-corrected chi connectivity index (χ0v) is 15.9. The van der Waals surface area contributed by atoms with E-state index in [1.165, 1.54) is 0 Å². The number of rotatable bonds is 8. The van der Waals surface area contributed by atoms with Gasteiger partial charge in [0.1, 0.15) is 11.3 Å². The number of ether oxygens (including phenoxy) is 1. The van der Waals surface area contributed by atoms with Crippen molar-refractivity contribution in [1.29, 1.82) is 0 Å². The highest BCUT2D eigenvalue weighted by molar-refractivity contribution is 6.07. The number of methoxy groups -OCH3 is 1. The SMILES string of the molecule is CC[C@]1(C)NC(=O)N(NC(=O)CN(Cc2ccc(OC)cc2)C2CC2)C1=O. The van der Waals surface area contributed by atoms with Crippen LogP contribution in [0.3, 0.4) is 0 Å². The van der Waals surface area contributed by atoms with Gasteiger partial charge in [0, 0.05) is 12.6 Å². The van der Waals surface area contributed by atoms with Crippen LogP contribution in [0.1, 0.15) is 38.7 Å². The molecule has 1 heterocycles. The van der Waals surface area contributed by atoms with Gasteiger partial charge in [0.25, 0.3) is 11.8 Å². The zero-order valence-electron chi connectivity index (χ0n) is 15.9. The molecule has 27 heavy (non-hydrogen) atoms. The summed E-state index contributed by atoms with van der Waals surface area (Å²) in [5.41, 5.74) is 2.56. The average Bonchev–Trinajstić information content (AvgIpc) is 3.47. The second kappa shape index (κ2) is 7.56. The molecular formula is C19H26N4O4. The molecule has 8 nitrogen and oxygen atoms in total. The fourth-order valence-electron chi connectivity index (χ4n) is 3.09. The summed E-state index contributed by atoms with van der Waals surface area (Å²) in [6.45, 7) is 4.21.